The molecule has 0 aliphatic heterocycles. The van der Waals surface area contributed by atoms with Crippen LogP contribution in [-0.4, -0.2) is 9.52 Å². The Kier molecular flexibility index (Phi) is 17.5. The molecule has 2 aliphatic carbocycles. The van der Waals surface area contributed by atoms with Crippen molar-refractivity contribution >= 4 is 48.1 Å². The van der Waals surface area contributed by atoms with Gasteiger partial charge in [0, 0.05) is 9.52 Å². The van der Waals surface area contributed by atoms with E-state index in [1.54, 1.807) is 0 Å². The number of halogens is 2. The van der Waals surface area contributed by atoms with Crippen LogP contribution >= 0.6 is 17.0 Å². The molecule has 66 heavy (non-hydrogen) atoms. The average Bonchev–Trinajstić information content (AvgIpc) is 3.84. The van der Waals surface area contributed by atoms with Gasteiger partial charge in [-0.2, -0.15) is 12.1 Å². The molecule has 10 rings (SSSR count). The molecule has 0 atom stereocenters. The van der Waals surface area contributed by atoms with Crippen molar-refractivity contribution in [3.05, 3.63) is 177 Å². The first-order valence-electron chi connectivity index (χ1n) is 24.1. The fraction of sp³-hybridized carbons (Fsp3) is 0.323. The SMILES string of the molecule is C[Si]C.Cc1cc(C)cc(-c2ccc(-c3cc(C)cc(C)c3)c3[cH-]c(CC4CCC4)cc23)c1.Cc1cc(C)cc(-c2ccc(-c3cc(C)cc(C)c3)c3[cH-]c(CC4CCC4)cc23)c1.[Cl][Zr+2][Cl]. The topological polar surface area (TPSA) is 0 Å². The van der Waals surface area contributed by atoms with Crippen LogP contribution in [0, 0.1) is 67.2 Å². The van der Waals surface area contributed by atoms with Gasteiger partial charge in [-0.25, -0.2) is 0 Å². The van der Waals surface area contributed by atoms with E-state index in [0.717, 1.165) is 21.4 Å². The normalized spacial score (nSPS) is 13.4. The molecule has 0 heterocycles. The molecule has 2 radical (unpaired) electrons. The Balaban J connectivity index is 0.000000176. The molecule has 0 nitrogen and oxygen atoms in total. The fourth-order valence-corrected chi connectivity index (χ4v) is 10.5. The zero-order valence-corrected chi connectivity index (χ0v) is 46.1. The van der Waals surface area contributed by atoms with Gasteiger partial charge in [-0.1, -0.05) is 227 Å². The van der Waals surface area contributed by atoms with Crippen molar-refractivity contribution in [3.63, 3.8) is 0 Å². The number of hydrogen-bond donors (Lipinski definition) is 0. The van der Waals surface area contributed by atoms with Crippen LogP contribution in [0.1, 0.15) is 94.2 Å². The summed E-state index contributed by atoms with van der Waals surface area (Å²) in [6.07, 6.45) is 10.9. The summed E-state index contributed by atoms with van der Waals surface area (Å²) in [6, 6.07) is 47.0. The van der Waals surface area contributed by atoms with E-state index in [1.807, 2.05) is 0 Å². The molecule has 8 aromatic rings. The van der Waals surface area contributed by atoms with Crippen LogP contribution in [0.5, 0.6) is 0 Å². The maximum absolute atomic E-state index is 4.93. The van der Waals surface area contributed by atoms with E-state index in [0.29, 0.717) is 0 Å². The van der Waals surface area contributed by atoms with Gasteiger partial charge in [-0.3, -0.25) is 0 Å². The van der Waals surface area contributed by atoms with Crippen molar-refractivity contribution < 1.29 is 20.8 Å². The molecule has 0 saturated heterocycles. The molecular formula is C62H68Cl2SiZr. The van der Waals surface area contributed by atoms with Gasteiger partial charge in [0.1, 0.15) is 0 Å². The number of benzene rings is 6. The van der Waals surface area contributed by atoms with Crippen molar-refractivity contribution in [1.29, 1.82) is 0 Å². The van der Waals surface area contributed by atoms with Crippen LogP contribution in [0.2, 0.25) is 13.1 Å². The summed E-state index contributed by atoms with van der Waals surface area (Å²) in [4.78, 5) is 0. The zero-order chi connectivity index (χ0) is 47.1. The predicted octanol–water partition coefficient (Wildman–Crippen LogP) is 19.1. The average molecular weight is 1000 g/mol. The first-order valence-corrected chi connectivity index (χ1v) is 32.4. The quantitative estimate of drug-likeness (QED) is 0.105. The Bertz CT molecular complexity index is 2460. The summed E-state index contributed by atoms with van der Waals surface area (Å²) in [6.45, 7) is 21.9. The van der Waals surface area contributed by atoms with Crippen LogP contribution in [-0.2, 0) is 33.7 Å². The number of fused-ring (bicyclic) bond motifs is 2. The van der Waals surface area contributed by atoms with Crippen molar-refractivity contribution in [2.24, 2.45) is 11.8 Å². The number of rotatable bonds is 8. The van der Waals surface area contributed by atoms with Crippen molar-refractivity contribution in [1.82, 2.24) is 0 Å². The minimum absolute atomic E-state index is 0.826. The van der Waals surface area contributed by atoms with Crippen LogP contribution in [0.25, 0.3) is 66.1 Å². The zero-order valence-electron chi connectivity index (χ0n) is 41.1. The number of aryl methyl sites for hydroxylation is 8. The molecule has 2 fully saturated rings. The van der Waals surface area contributed by atoms with Gasteiger partial charge >= 0.3 is 37.9 Å². The molecule has 4 heteroatoms. The molecule has 8 aromatic carbocycles. The fourth-order valence-electron chi connectivity index (χ4n) is 10.5. The van der Waals surface area contributed by atoms with Crippen LogP contribution in [0.4, 0.5) is 0 Å². The van der Waals surface area contributed by atoms with E-state index in [2.05, 4.69) is 190 Å². The van der Waals surface area contributed by atoms with E-state index in [1.165, 1.54) is 173 Å². The van der Waals surface area contributed by atoms with E-state index in [9.17, 15) is 0 Å². The molecule has 0 bridgehead atoms. The second kappa shape index (κ2) is 23.0. The van der Waals surface area contributed by atoms with Gasteiger partial charge in [0.15, 0.2) is 0 Å². The van der Waals surface area contributed by atoms with Crippen LogP contribution in [0.3, 0.4) is 0 Å². The standard InChI is InChI=1S/2C30H31.C2H6Si.2ClH.Zr/c2*1-19-10-20(2)13-25(12-19)27-8-9-28(26-14-21(3)11-22(4)15-26)30-18-24(17-29(27)30)16-23-6-5-7-23;1-3-2;;;/h2*8-15,17-18,23H,5-7,16H2,1-4H3;1-2H3;2*1H;/q2*-1;;;;+4/p-2. The molecule has 0 amide bonds. The van der Waals surface area contributed by atoms with Gasteiger partial charge in [-0.15, -0.1) is 44.8 Å². The van der Waals surface area contributed by atoms with E-state index in [4.69, 9.17) is 17.0 Å². The number of hydrogen-bond acceptors (Lipinski definition) is 0. The van der Waals surface area contributed by atoms with Gasteiger partial charge in [-0.05, 0) is 91.2 Å². The molecule has 0 spiro atoms. The minimum atomic E-state index is -0.826. The summed E-state index contributed by atoms with van der Waals surface area (Å²) < 4.78 is 0. The molecule has 0 aromatic heterocycles. The Hall–Kier alpha value is -3.78. The van der Waals surface area contributed by atoms with Crippen molar-refractivity contribution in [3.8, 4) is 44.5 Å². The third-order valence-corrected chi connectivity index (χ3v) is 13.5. The second-order valence-electron chi connectivity index (χ2n) is 19.8. The Labute approximate surface area is 418 Å². The monoisotopic (exact) mass is 1000 g/mol. The summed E-state index contributed by atoms with van der Waals surface area (Å²) >= 11 is -0.826. The van der Waals surface area contributed by atoms with E-state index < -0.39 is 20.8 Å². The second-order valence-corrected chi connectivity index (χ2v) is 24.5. The van der Waals surface area contributed by atoms with Crippen molar-refractivity contribution in [2.75, 3.05) is 0 Å². The maximum atomic E-state index is 4.93. The van der Waals surface area contributed by atoms with Crippen molar-refractivity contribution in [2.45, 2.75) is 120 Å². The molecule has 338 valence electrons. The summed E-state index contributed by atoms with van der Waals surface area (Å²) in [7, 11) is 11.0. The van der Waals surface area contributed by atoms with Gasteiger partial charge in [0.25, 0.3) is 0 Å². The molecule has 2 aliphatic rings. The van der Waals surface area contributed by atoms with Crippen LogP contribution < -0.4 is 0 Å². The van der Waals surface area contributed by atoms with Gasteiger partial charge in [0.05, 0.1) is 0 Å². The van der Waals surface area contributed by atoms with E-state index >= 15 is 0 Å². The Morgan fingerprint density at radius 3 is 0.909 bits per heavy atom. The summed E-state index contributed by atoms with van der Waals surface area (Å²) in [5.41, 5.74) is 24.5. The van der Waals surface area contributed by atoms with Gasteiger partial charge < -0.3 is 0 Å². The molecule has 0 unspecified atom stereocenters. The first kappa shape index (κ1) is 50.1. The van der Waals surface area contributed by atoms with Gasteiger partial charge in [0.2, 0.25) is 0 Å². The Morgan fingerprint density at radius 2 is 0.667 bits per heavy atom. The summed E-state index contributed by atoms with van der Waals surface area (Å²) in [5, 5.41) is 5.63. The first-order chi connectivity index (χ1) is 31.7. The van der Waals surface area contributed by atoms with E-state index in [-0.39, 0.29) is 0 Å². The van der Waals surface area contributed by atoms with Crippen LogP contribution in [0.15, 0.2) is 121 Å². The molecule has 2 saturated carbocycles. The predicted molar refractivity (Wildman–Crippen MR) is 290 cm³/mol. The molecular weight excluding hydrogens is 935 g/mol. The third kappa shape index (κ3) is 12.5. The third-order valence-electron chi connectivity index (χ3n) is 13.5. The molecule has 0 N–H and O–H groups in total. The summed E-state index contributed by atoms with van der Waals surface area (Å²) in [5.74, 6) is 1.77. The Morgan fingerprint density at radius 1 is 0.424 bits per heavy atom.